The molecule has 0 spiro atoms. The first-order valence-corrected chi connectivity index (χ1v) is 30.3. The van der Waals surface area contributed by atoms with Gasteiger partial charge in [-0.3, -0.25) is 14.4 Å². The van der Waals surface area contributed by atoms with Crippen LogP contribution in [-0.2, 0) is 28.6 Å². The van der Waals surface area contributed by atoms with Crippen LogP contribution in [0.4, 0.5) is 0 Å². The lowest BCUT2D eigenvalue weighted by Crippen LogP contribution is -2.30. The molecule has 0 aliphatic rings. The Morgan fingerprint density at radius 2 is 0.557 bits per heavy atom. The van der Waals surface area contributed by atoms with Crippen molar-refractivity contribution in [3.05, 3.63) is 60.8 Å². The van der Waals surface area contributed by atoms with Crippen LogP contribution in [0.1, 0.15) is 310 Å². The minimum atomic E-state index is -0.785. The maximum atomic E-state index is 12.9. The third kappa shape index (κ3) is 56.0. The molecule has 6 heteroatoms. The number of carbonyl (C=O) groups is 3. The molecule has 70 heavy (non-hydrogen) atoms. The fourth-order valence-corrected chi connectivity index (χ4v) is 8.77. The van der Waals surface area contributed by atoms with E-state index in [1.807, 2.05) is 0 Å². The smallest absolute Gasteiger partial charge is 0.306 e. The van der Waals surface area contributed by atoms with Crippen molar-refractivity contribution >= 4 is 17.9 Å². The molecule has 0 heterocycles. The van der Waals surface area contributed by atoms with E-state index in [2.05, 4.69) is 81.5 Å². The number of rotatable bonds is 55. The third-order valence-corrected chi connectivity index (χ3v) is 13.3. The highest BCUT2D eigenvalue weighted by Crippen LogP contribution is 2.17. The Hall–Kier alpha value is -2.89. The minimum absolute atomic E-state index is 0.0804. The highest BCUT2D eigenvalue weighted by molar-refractivity contribution is 5.71. The van der Waals surface area contributed by atoms with Gasteiger partial charge in [0.2, 0.25) is 0 Å². The van der Waals surface area contributed by atoms with Crippen LogP contribution in [0.3, 0.4) is 0 Å². The summed E-state index contributed by atoms with van der Waals surface area (Å²) in [7, 11) is 0. The highest BCUT2D eigenvalue weighted by atomic mass is 16.6. The van der Waals surface area contributed by atoms with Crippen molar-refractivity contribution in [2.24, 2.45) is 0 Å². The van der Waals surface area contributed by atoms with Gasteiger partial charge in [-0.15, -0.1) is 0 Å². The zero-order chi connectivity index (χ0) is 50.7. The van der Waals surface area contributed by atoms with Crippen molar-refractivity contribution < 1.29 is 28.6 Å². The van der Waals surface area contributed by atoms with Crippen molar-refractivity contribution in [1.29, 1.82) is 0 Å². The summed E-state index contributed by atoms with van der Waals surface area (Å²) in [6.07, 6.45) is 73.6. The molecule has 0 amide bonds. The molecule has 0 aromatic carbocycles. The summed E-state index contributed by atoms with van der Waals surface area (Å²) in [6.45, 7) is 6.55. The molecule has 0 fully saturated rings. The van der Waals surface area contributed by atoms with Gasteiger partial charge in [0.25, 0.3) is 0 Å². The molecule has 0 saturated heterocycles. The lowest BCUT2D eigenvalue weighted by atomic mass is 10.0. The van der Waals surface area contributed by atoms with Crippen molar-refractivity contribution in [3.63, 3.8) is 0 Å². The Labute approximate surface area is 434 Å². The summed E-state index contributed by atoms with van der Waals surface area (Å²) < 4.78 is 16.9. The number of hydrogen-bond donors (Lipinski definition) is 0. The van der Waals surface area contributed by atoms with Crippen LogP contribution >= 0.6 is 0 Å². The number of hydrogen-bond acceptors (Lipinski definition) is 6. The van der Waals surface area contributed by atoms with Gasteiger partial charge in [0.15, 0.2) is 6.10 Å². The summed E-state index contributed by atoms with van der Waals surface area (Å²) in [5.41, 5.74) is 0. The SMILES string of the molecule is CC/C=C/C/C=C/C/C=C/C/C=C/C/C=C/CCCCCC(=O)OC[C@@H](COC(=O)CCCCCCCCCCCCCCCCCC)OC(=O)CCCCCCCCCCCCCCCCCCC. The van der Waals surface area contributed by atoms with Gasteiger partial charge in [0.1, 0.15) is 13.2 Å². The summed E-state index contributed by atoms with van der Waals surface area (Å²) in [5, 5.41) is 0. The van der Waals surface area contributed by atoms with Crippen molar-refractivity contribution in [3.8, 4) is 0 Å². The average Bonchev–Trinajstić information content (AvgIpc) is 3.36. The molecule has 0 aromatic heterocycles. The Balaban J connectivity index is 4.40. The lowest BCUT2D eigenvalue weighted by Gasteiger charge is -2.18. The van der Waals surface area contributed by atoms with Crippen molar-refractivity contribution in [1.82, 2.24) is 0 Å². The predicted molar refractivity (Wildman–Crippen MR) is 302 cm³/mol. The molecule has 0 rings (SSSR count). The van der Waals surface area contributed by atoms with Crippen molar-refractivity contribution in [2.75, 3.05) is 13.2 Å². The Morgan fingerprint density at radius 3 is 0.871 bits per heavy atom. The van der Waals surface area contributed by atoms with Crippen LogP contribution in [0.5, 0.6) is 0 Å². The molecule has 1 atom stereocenters. The first-order chi connectivity index (χ1) is 34.5. The molecule has 0 saturated carbocycles. The fourth-order valence-electron chi connectivity index (χ4n) is 8.77. The van der Waals surface area contributed by atoms with E-state index in [-0.39, 0.29) is 31.1 Å². The quantitative estimate of drug-likeness (QED) is 0.0261. The van der Waals surface area contributed by atoms with Crippen LogP contribution in [0, 0.1) is 0 Å². The normalized spacial score (nSPS) is 12.4. The third-order valence-electron chi connectivity index (χ3n) is 13.3. The second-order valence-corrected chi connectivity index (χ2v) is 20.2. The average molecular weight is 980 g/mol. The van der Waals surface area contributed by atoms with E-state index in [1.165, 1.54) is 173 Å². The maximum absolute atomic E-state index is 12.9. The molecule has 0 unspecified atom stereocenters. The molecule has 0 aromatic rings. The van der Waals surface area contributed by atoms with Gasteiger partial charge in [0.05, 0.1) is 0 Å². The standard InChI is InChI=1S/C64H114O6/c1-4-7-10-13-16-19-22-25-28-31-32-34-36-39-42-45-48-51-54-57-63(66)69-60-61(59-68-62(65)56-53-50-47-44-41-38-35-30-27-24-21-18-15-12-9-6-3)70-64(67)58-55-52-49-46-43-40-37-33-29-26-23-20-17-14-11-8-5-2/h7,10,16,19,25,28,32,34,39,42,61H,4-6,8-9,11-15,17-18,20-24,26-27,29-31,33,35-38,40-41,43-60H2,1-3H3/b10-7+,19-16+,28-25+,34-32+,42-39+/t61-/m1/s1. The van der Waals surface area contributed by atoms with Crippen LogP contribution in [0.25, 0.3) is 0 Å². The zero-order valence-electron chi connectivity index (χ0n) is 46.5. The number of unbranched alkanes of at least 4 members (excludes halogenated alkanes) is 34. The van der Waals surface area contributed by atoms with E-state index in [0.29, 0.717) is 19.3 Å². The zero-order valence-corrected chi connectivity index (χ0v) is 46.5. The predicted octanol–water partition coefficient (Wildman–Crippen LogP) is 20.4. The van der Waals surface area contributed by atoms with E-state index < -0.39 is 6.10 Å². The van der Waals surface area contributed by atoms with Gasteiger partial charge in [0, 0.05) is 19.3 Å². The first kappa shape index (κ1) is 67.1. The van der Waals surface area contributed by atoms with Gasteiger partial charge < -0.3 is 14.2 Å². The van der Waals surface area contributed by atoms with Gasteiger partial charge >= 0.3 is 17.9 Å². The molecule has 0 aliphatic heterocycles. The Bertz CT molecular complexity index is 1260. The first-order valence-electron chi connectivity index (χ1n) is 30.3. The van der Waals surface area contributed by atoms with Crippen LogP contribution in [-0.4, -0.2) is 37.2 Å². The van der Waals surface area contributed by atoms with Crippen LogP contribution in [0.15, 0.2) is 60.8 Å². The van der Waals surface area contributed by atoms with Crippen molar-refractivity contribution in [2.45, 2.75) is 316 Å². The van der Waals surface area contributed by atoms with Crippen LogP contribution in [0.2, 0.25) is 0 Å². The molecule has 406 valence electrons. The largest absolute Gasteiger partial charge is 0.462 e. The molecule has 0 radical (unpaired) electrons. The van der Waals surface area contributed by atoms with Gasteiger partial charge in [-0.25, -0.2) is 0 Å². The van der Waals surface area contributed by atoms with E-state index in [1.54, 1.807) is 0 Å². The van der Waals surface area contributed by atoms with Gasteiger partial charge in [-0.1, -0.05) is 287 Å². The second-order valence-electron chi connectivity index (χ2n) is 20.2. The topological polar surface area (TPSA) is 78.9 Å². The lowest BCUT2D eigenvalue weighted by molar-refractivity contribution is -0.167. The maximum Gasteiger partial charge on any atom is 0.306 e. The van der Waals surface area contributed by atoms with Gasteiger partial charge in [-0.05, 0) is 64.2 Å². The Kier molecular flexibility index (Phi) is 56.3. The second kappa shape index (κ2) is 58.7. The molecule has 0 aliphatic carbocycles. The van der Waals surface area contributed by atoms with E-state index >= 15 is 0 Å². The number of carbonyl (C=O) groups excluding carboxylic acids is 3. The molecule has 0 bridgehead atoms. The molecule has 0 N–H and O–H groups in total. The summed E-state index contributed by atoms with van der Waals surface area (Å²) >= 11 is 0. The summed E-state index contributed by atoms with van der Waals surface area (Å²) in [4.78, 5) is 38.2. The van der Waals surface area contributed by atoms with Gasteiger partial charge in [-0.2, -0.15) is 0 Å². The van der Waals surface area contributed by atoms with E-state index in [9.17, 15) is 14.4 Å². The monoisotopic (exact) mass is 979 g/mol. The number of ether oxygens (including phenoxy) is 3. The number of esters is 3. The molecular weight excluding hydrogens is 865 g/mol. The molecule has 6 nitrogen and oxygen atoms in total. The molecular formula is C64H114O6. The van der Waals surface area contributed by atoms with E-state index in [4.69, 9.17) is 14.2 Å². The van der Waals surface area contributed by atoms with Crippen LogP contribution < -0.4 is 0 Å². The summed E-state index contributed by atoms with van der Waals surface area (Å²) in [5.74, 6) is -0.895. The fraction of sp³-hybridized carbons (Fsp3) is 0.797. The van der Waals surface area contributed by atoms with E-state index in [0.717, 1.165) is 96.3 Å². The number of allylic oxidation sites excluding steroid dienone is 10. The Morgan fingerprint density at radius 1 is 0.300 bits per heavy atom. The minimum Gasteiger partial charge on any atom is -0.462 e. The summed E-state index contributed by atoms with van der Waals surface area (Å²) in [6, 6.07) is 0. The highest BCUT2D eigenvalue weighted by Gasteiger charge is 2.19.